The van der Waals surface area contributed by atoms with Crippen molar-refractivity contribution in [1.29, 1.82) is 0 Å². The fourth-order valence-corrected chi connectivity index (χ4v) is 1.99. The summed E-state index contributed by atoms with van der Waals surface area (Å²) in [6.45, 7) is 0. The van der Waals surface area contributed by atoms with Crippen molar-refractivity contribution in [2.45, 2.75) is 0 Å². The van der Waals surface area contributed by atoms with Crippen LogP contribution in [0.1, 0.15) is 5.56 Å². The normalized spacial score (nSPS) is 10.4. The van der Waals surface area contributed by atoms with Crippen LogP contribution >= 0.6 is 28.1 Å². The van der Waals surface area contributed by atoms with Gasteiger partial charge >= 0.3 is 0 Å². The highest BCUT2D eigenvalue weighted by Crippen LogP contribution is 2.23. The molecule has 0 amide bonds. The first kappa shape index (κ1) is 9.55. The monoisotopic (exact) mass is 266 g/mol. The van der Waals surface area contributed by atoms with E-state index < -0.39 is 0 Å². The van der Waals surface area contributed by atoms with Gasteiger partial charge in [0.15, 0.2) is 0 Å². The van der Waals surface area contributed by atoms with E-state index in [2.05, 4.69) is 20.9 Å². The molecule has 0 aliphatic carbocycles. The minimum Gasteiger partial charge on any atom is -0.389 e. The molecule has 14 heavy (non-hydrogen) atoms. The average molecular weight is 267 g/mol. The van der Waals surface area contributed by atoms with E-state index in [-0.39, 0.29) is 0 Å². The van der Waals surface area contributed by atoms with Gasteiger partial charge in [-0.2, -0.15) is 0 Å². The molecule has 2 aromatic rings. The lowest BCUT2D eigenvalue weighted by Gasteiger charge is -2.03. The molecule has 0 saturated carbocycles. The Balaban J connectivity index is 2.78. The Hall–Kier alpha value is -1.00. The molecular weight excluding hydrogens is 260 g/mol. The van der Waals surface area contributed by atoms with E-state index in [9.17, 15) is 0 Å². The molecule has 0 bridgehead atoms. The lowest BCUT2D eigenvalue weighted by atomic mass is 10.1. The van der Waals surface area contributed by atoms with E-state index in [1.807, 2.05) is 24.3 Å². The molecule has 0 saturated heterocycles. The number of nitrogens with zero attached hydrogens (tertiary/aromatic N) is 1. The number of pyridine rings is 1. The van der Waals surface area contributed by atoms with Crippen LogP contribution in [0.5, 0.6) is 0 Å². The molecule has 2 nitrogen and oxygen atoms in total. The number of nitrogens with two attached hydrogens (primary N) is 1. The van der Waals surface area contributed by atoms with Crippen LogP contribution in [0.15, 0.2) is 34.9 Å². The van der Waals surface area contributed by atoms with Gasteiger partial charge in [0.25, 0.3) is 0 Å². The van der Waals surface area contributed by atoms with Crippen LogP contribution in [0, 0.1) is 0 Å². The van der Waals surface area contributed by atoms with Crippen LogP contribution < -0.4 is 5.73 Å². The van der Waals surface area contributed by atoms with Crippen molar-refractivity contribution in [3.05, 3.63) is 40.5 Å². The molecule has 70 valence electrons. The van der Waals surface area contributed by atoms with Crippen molar-refractivity contribution < 1.29 is 0 Å². The summed E-state index contributed by atoms with van der Waals surface area (Å²) in [5.74, 6) is 0. The summed E-state index contributed by atoms with van der Waals surface area (Å²) < 4.78 is 0.915. The summed E-state index contributed by atoms with van der Waals surface area (Å²) in [5.41, 5.74) is 7.34. The molecular formula is C10H7BrN2S. The van der Waals surface area contributed by atoms with Gasteiger partial charge in [0.05, 0.1) is 5.52 Å². The lowest BCUT2D eigenvalue weighted by Crippen LogP contribution is -2.09. The second-order valence-corrected chi connectivity index (χ2v) is 4.19. The molecule has 1 aromatic carbocycles. The largest absolute Gasteiger partial charge is 0.389 e. The number of thiocarbonyl (C=S) groups is 1. The van der Waals surface area contributed by atoms with Gasteiger partial charge in [-0.15, -0.1) is 0 Å². The van der Waals surface area contributed by atoms with Crippen molar-refractivity contribution in [2.24, 2.45) is 5.73 Å². The zero-order valence-electron chi connectivity index (χ0n) is 7.20. The van der Waals surface area contributed by atoms with Crippen LogP contribution in [0.2, 0.25) is 0 Å². The van der Waals surface area contributed by atoms with E-state index >= 15 is 0 Å². The zero-order chi connectivity index (χ0) is 10.1. The maximum absolute atomic E-state index is 5.56. The molecule has 0 unspecified atom stereocenters. The minimum atomic E-state index is 0.399. The van der Waals surface area contributed by atoms with Gasteiger partial charge in [0.2, 0.25) is 0 Å². The second kappa shape index (κ2) is 3.63. The van der Waals surface area contributed by atoms with Gasteiger partial charge in [-0.05, 0) is 34.1 Å². The van der Waals surface area contributed by atoms with Gasteiger partial charge in [-0.3, -0.25) is 4.98 Å². The average Bonchev–Trinajstić information content (AvgIpc) is 2.17. The number of fused-ring (bicyclic) bond motifs is 1. The van der Waals surface area contributed by atoms with Gasteiger partial charge in [0.1, 0.15) is 4.99 Å². The molecule has 0 aliphatic heterocycles. The topological polar surface area (TPSA) is 38.9 Å². The van der Waals surface area contributed by atoms with Gasteiger partial charge < -0.3 is 5.73 Å². The Labute approximate surface area is 95.3 Å². The van der Waals surface area contributed by atoms with Crippen LogP contribution in [0.25, 0.3) is 10.9 Å². The third kappa shape index (κ3) is 1.63. The molecule has 0 atom stereocenters. The van der Waals surface area contributed by atoms with Gasteiger partial charge in [0, 0.05) is 21.6 Å². The standard InChI is InChI=1S/C10H7BrN2S/c11-8-5-7(10(12)14)4-6-2-1-3-13-9(6)8/h1-5H,(H2,12,14). The Kier molecular flexibility index (Phi) is 2.48. The smallest absolute Gasteiger partial charge is 0.104 e. The Morgan fingerprint density at radius 2 is 2.21 bits per heavy atom. The molecule has 2 N–H and O–H groups in total. The first-order valence-electron chi connectivity index (χ1n) is 4.02. The molecule has 4 heteroatoms. The SMILES string of the molecule is NC(=S)c1cc(Br)c2ncccc2c1. The van der Waals surface area contributed by atoms with Crippen molar-refractivity contribution in [2.75, 3.05) is 0 Å². The highest BCUT2D eigenvalue weighted by molar-refractivity contribution is 9.10. The second-order valence-electron chi connectivity index (χ2n) is 2.90. The number of hydrogen-bond donors (Lipinski definition) is 1. The van der Waals surface area contributed by atoms with E-state index in [1.165, 1.54) is 0 Å². The van der Waals surface area contributed by atoms with E-state index in [0.29, 0.717) is 4.99 Å². The summed E-state index contributed by atoms with van der Waals surface area (Å²) in [6, 6.07) is 7.69. The highest BCUT2D eigenvalue weighted by atomic mass is 79.9. The third-order valence-corrected chi connectivity index (χ3v) is 2.78. The zero-order valence-corrected chi connectivity index (χ0v) is 9.60. The Morgan fingerprint density at radius 3 is 2.93 bits per heavy atom. The molecule has 0 aliphatic rings. The number of halogens is 1. The molecule has 0 spiro atoms. The maximum Gasteiger partial charge on any atom is 0.104 e. The van der Waals surface area contributed by atoms with E-state index in [4.69, 9.17) is 18.0 Å². The first-order chi connectivity index (χ1) is 6.68. The summed E-state index contributed by atoms with van der Waals surface area (Å²) in [5, 5.41) is 1.03. The fourth-order valence-electron chi connectivity index (χ4n) is 1.29. The van der Waals surface area contributed by atoms with Crippen molar-refractivity contribution in [3.63, 3.8) is 0 Å². The molecule has 1 aromatic heterocycles. The van der Waals surface area contributed by atoms with Crippen molar-refractivity contribution in [3.8, 4) is 0 Å². The predicted octanol–water partition coefficient (Wildman–Crippen LogP) is 2.63. The summed E-state index contributed by atoms with van der Waals surface area (Å²) >= 11 is 8.36. The summed E-state index contributed by atoms with van der Waals surface area (Å²) in [7, 11) is 0. The number of hydrogen-bond acceptors (Lipinski definition) is 2. The lowest BCUT2D eigenvalue weighted by molar-refractivity contribution is 1.40. The Morgan fingerprint density at radius 1 is 1.43 bits per heavy atom. The van der Waals surface area contributed by atoms with Crippen LogP contribution in [-0.4, -0.2) is 9.97 Å². The minimum absolute atomic E-state index is 0.399. The first-order valence-corrected chi connectivity index (χ1v) is 5.22. The van der Waals surface area contributed by atoms with Gasteiger partial charge in [-0.1, -0.05) is 18.3 Å². The fraction of sp³-hybridized carbons (Fsp3) is 0. The molecule has 0 fully saturated rings. The van der Waals surface area contributed by atoms with Crippen molar-refractivity contribution >= 4 is 44.0 Å². The molecule has 1 heterocycles. The Bertz CT molecular complexity index is 510. The van der Waals surface area contributed by atoms with Crippen LogP contribution in [0.3, 0.4) is 0 Å². The quantitative estimate of drug-likeness (QED) is 0.807. The summed E-state index contributed by atoms with van der Waals surface area (Å²) in [6.07, 6.45) is 1.76. The highest BCUT2D eigenvalue weighted by Gasteiger charge is 2.03. The molecule has 0 radical (unpaired) electrons. The van der Waals surface area contributed by atoms with Gasteiger partial charge in [-0.25, -0.2) is 0 Å². The van der Waals surface area contributed by atoms with Crippen molar-refractivity contribution in [1.82, 2.24) is 4.98 Å². The maximum atomic E-state index is 5.56. The van der Waals surface area contributed by atoms with Crippen LogP contribution in [-0.2, 0) is 0 Å². The van der Waals surface area contributed by atoms with E-state index in [0.717, 1.165) is 20.9 Å². The molecule has 2 rings (SSSR count). The number of aromatic nitrogens is 1. The third-order valence-electron chi connectivity index (χ3n) is 1.94. The number of benzene rings is 1. The summed E-state index contributed by atoms with van der Waals surface area (Å²) in [4.78, 5) is 4.65. The predicted molar refractivity (Wildman–Crippen MR) is 65.3 cm³/mol. The number of rotatable bonds is 1. The van der Waals surface area contributed by atoms with Crippen LogP contribution in [0.4, 0.5) is 0 Å². The van der Waals surface area contributed by atoms with E-state index in [1.54, 1.807) is 6.20 Å².